The summed E-state index contributed by atoms with van der Waals surface area (Å²) in [6.07, 6.45) is 4.18. The fraction of sp³-hybridized carbons (Fsp3) is 0.350. The number of thioether (sulfide) groups is 1. The minimum absolute atomic E-state index is 0.00192. The third-order valence-electron chi connectivity index (χ3n) is 5.00. The number of aryl methyl sites for hydroxylation is 1. The number of nitrogens with zero attached hydrogens (tertiary/aromatic N) is 2. The molecule has 5 nitrogen and oxygen atoms in total. The Bertz CT molecular complexity index is 1050. The Balaban J connectivity index is 1.96. The topological polar surface area (TPSA) is 78.0 Å². The van der Waals surface area contributed by atoms with Gasteiger partial charge in [0.2, 0.25) is 5.91 Å². The second kappa shape index (κ2) is 7.48. The number of hydrogen-bond donors (Lipinski definition) is 1. The summed E-state index contributed by atoms with van der Waals surface area (Å²) in [6, 6.07) is 10.2. The molecule has 4 rings (SSSR count). The maximum absolute atomic E-state index is 13.6. The standard InChI is InChI=1S/C20H21N3O2S2/c1-12-16(13-7-3-2-4-8-13)17-18(27-12)22-20(26-11-15(21)24)23(19(17)25)14-9-5-6-10-14/h2-4,7-8,14H,5-6,9-11H2,1H3,(H2,21,24). The fourth-order valence-corrected chi connectivity index (χ4v) is 5.72. The van der Waals surface area contributed by atoms with E-state index in [-0.39, 0.29) is 17.4 Å². The lowest BCUT2D eigenvalue weighted by molar-refractivity contribution is -0.115. The SMILES string of the molecule is Cc1sc2nc(SCC(N)=O)n(C3CCCC3)c(=O)c2c1-c1ccccc1. The van der Waals surface area contributed by atoms with Crippen LogP contribution in [-0.4, -0.2) is 21.2 Å². The first-order chi connectivity index (χ1) is 13.1. The van der Waals surface area contributed by atoms with E-state index in [2.05, 4.69) is 0 Å². The normalized spacial score (nSPS) is 14.9. The van der Waals surface area contributed by atoms with Gasteiger partial charge in [-0.25, -0.2) is 4.98 Å². The molecule has 0 bridgehead atoms. The average Bonchev–Trinajstić information content (AvgIpc) is 3.28. The van der Waals surface area contributed by atoms with Crippen LogP contribution in [0.15, 0.2) is 40.3 Å². The van der Waals surface area contributed by atoms with Gasteiger partial charge in [0.25, 0.3) is 5.56 Å². The number of carbonyl (C=O) groups is 1. The highest BCUT2D eigenvalue weighted by molar-refractivity contribution is 7.99. The molecule has 1 saturated carbocycles. The Morgan fingerprint density at radius 3 is 2.67 bits per heavy atom. The number of carbonyl (C=O) groups excluding carboxylic acids is 1. The van der Waals surface area contributed by atoms with Crippen molar-refractivity contribution in [3.8, 4) is 11.1 Å². The Labute approximate surface area is 165 Å². The summed E-state index contributed by atoms with van der Waals surface area (Å²) in [5.41, 5.74) is 7.34. The third-order valence-corrected chi connectivity index (χ3v) is 6.97. The van der Waals surface area contributed by atoms with Crippen LogP contribution in [0.5, 0.6) is 0 Å². The zero-order chi connectivity index (χ0) is 19.0. The third kappa shape index (κ3) is 3.41. The first-order valence-corrected chi connectivity index (χ1v) is 10.9. The Morgan fingerprint density at radius 2 is 2.00 bits per heavy atom. The lowest BCUT2D eigenvalue weighted by atomic mass is 10.0. The molecule has 0 radical (unpaired) electrons. The fourth-order valence-electron chi connectivity index (χ4n) is 3.83. The van der Waals surface area contributed by atoms with E-state index < -0.39 is 5.91 Å². The van der Waals surface area contributed by atoms with Crippen molar-refractivity contribution in [3.05, 3.63) is 45.6 Å². The van der Waals surface area contributed by atoms with Crippen molar-refractivity contribution >= 4 is 39.2 Å². The van der Waals surface area contributed by atoms with E-state index in [1.165, 1.54) is 23.1 Å². The number of amides is 1. The van der Waals surface area contributed by atoms with Crippen LogP contribution in [0.25, 0.3) is 21.3 Å². The highest BCUT2D eigenvalue weighted by Gasteiger charge is 2.26. The summed E-state index contributed by atoms with van der Waals surface area (Å²) in [7, 11) is 0. The van der Waals surface area contributed by atoms with Crippen molar-refractivity contribution in [1.82, 2.24) is 9.55 Å². The molecule has 0 unspecified atom stereocenters. The van der Waals surface area contributed by atoms with Crippen LogP contribution in [0.4, 0.5) is 0 Å². The largest absolute Gasteiger partial charge is 0.369 e. The van der Waals surface area contributed by atoms with Crippen molar-refractivity contribution in [2.24, 2.45) is 5.73 Å². The van der Waals surface area contributed by atoms with Crippen molar-refractivity contribution in [2.45, 2.75) is 43.8 Å². The van der Waals surface area contributed by atoms with Gasteiger partial charge in [0.15, 0.2) is 5.16 Å². The summed E-state index contributed by atoms with van der Waals surface area (Å²) in [5.74, 6) is -0.278. The van der Waals surface area contributed by atoms with Crippen molar-refractivity contribution in [2.75, 3.05) is 5.75 Å². The maximum Gasteiger partial charge on any atom is 0.263 e. The Hall–Kier alpha value is -2.12. The molecule has 7 heteroatoms. The first kappa shape index (κ1) is 18.3. The monoisotopic (exact) mass is 399 g/mol. The number of thiophene rings is 1. The van der Waals surface area contributed by atoms with Crippen LogP contribution in [-0.2, 0) is 4.79 Å². The number of rotatable bonds is 5. The maximum atomic E-state index is 13.6. The van der Waals surface area contributed by atoms with E-state index in [0.29, 0.717) is 10.5 Å². The van der Waals surface area contributed by atoms with Crippen LogP contribution < -0.4 is 11.3 Å². The summed E-state index contributed by atoms with van der Waals surface area (Å²) in [6.45, 7) is 2.03. The van der Waals surface area contributed by atoms with Gasteiger partial charge in [-0.05, 0) is 25.3 Å². The number of fused-ring (bicyclic) bond motifs is 1. The number of nitrogens with two attached hydrogens (primary N) is 1. The molecule has 1 aromatic carbocycles. The van der Waals surface area contributed by atoms with Gasteiger partial charge >= 0.3 is 0 Å². The zero-order valence-corrected chi connectivity index (χ0v) is 16.7. The minimum Gasteiger partial charge on any atom is -0.369 e. The van der Waals surface area contributed by atoms with Crippen LogP contribution in [0.3, 0.4) is 0 Å². The molecule has 0 atom stereocenters. The Kier molecular flexibility index (Phi) is 5.06. The van der Waals surface area contributed by atoms with Gasteiger partial charge in [-0.2, -0.15) is 0 Å². The molecule has 0 spiro atoms. The van der Waals surface area contributed by atoms with E-state index in [1.807, 2.05) is 41.8 Å². The molecule has 1 aliphatic rings. The molecule has 1 fully saturated rings. The molecule has 0 aliphatic heterocycles. The lowest BCUT2D eigenvalue weighted by Gasteiger charge is -2.18. The highest BCUT2D eigenvalue weighted by atomic mass is 32.2. The minimum atomic E-state index is -0.403. The van der Waals surface area contributed by atoms with Crippen molar-refractivity contribution < 1.29 is 4.79 Å². The summed E-state index contributed by atoms with van der Waals surface area (Å²) in [4.78, 5) is 31.5. The molecule has 0 saturated heterocycles. The average molecular weight is 400 g/mol. The van der Waals surface area contributed by atoms with E-state index in [4.69, 9.17) is 10.7 Å². The van der Waals surface area contributed by atoms with Crippen LogP contribution in [0.2, 0.25) is 0 Å². The molecule has 2 heterocycles. The highest BCUT2D eigenvalue weighted by Crippen LogP contribution is 2.38. The number of primary amides is 1. The molecule has 1 amide bonds. The number of hydrogen-bond acceptors (Lipinski definition) is 5. The van der Waals surface area contributed by atoms with Crippen LogP contribution in [0.1, 0.15) is 36.6 Å². The molecule has 2 N–H and O–H groups in total. The predicted molar refractivity (Wildman–Crippen MR) is 111 cm³/mol. The van der Waals surface area contributed by atoms with E-state index in [1.54, 1.807) is 0 Å². The summed E-state index contributed by atoms with van der Waals surface area (Å²) < 4.78 is 1.82. The quantitative estimate of drug-likeness (QED) is 0.517. The lowest BCUT2D eigenvalue weighted by Crippen LogP contribution is -2.27. The predicted octanol–water partition coefficient (Wildman–Crippen LogP) is 4.13. The van der Waals surface area contributed by atoms with Gasteiger partial charge in [0.05, 0.1) is 11.1 Å². The number of aromatic nitrogens is 2. The zero-order valence-electron chi connectivity index (χ0n) is 15.1. The first-order valence-electron chi connectivity index (χ1n) is 9.08. The van der Waals surface area contributed by atoms with Gasteiger partial charge in [-0.3, -0.25) is 14.2 Å². The molecule has 3 aromatic rings. The van der Waals surface area contributed by atoms with Crippen LogP contribution >= 0.6 is 23.1 Å². The van der Waals surface area contributed by atoms with E-state index >= 15 is 0 Å². The Morgan fingerprint density at radius 1 is 1.30 bits per heavy atom. The van der Waals surface area contributed by atoms with Crippen LogP contribution in [0, 0.1) is 6.92 Å². The molecule has 1 aliphatic carbocycles. The van der Waals surface area contributed by atoms with Gasteiger partial charge in [0.1, 0.15) is 4.83 Å². The van der Waals surface area contributed by atoms with Gasteiger partial charge in [0, 0.05) is 16.5 Å². The molecular weight excluding hydrogens is 378 g/mol. The van der Waals surface area contributed by atoms with Gasteiger partial charge < -0.3 is 5.73 Å². The molecule has 140 valence electrons. The van der Waals surface area contributed by atoms with Gasteiger partial charge in [-0.1, -0.05) is 54.9 Å². The molecule has 27 heavy (non-hydrogen) atoms. The van der Waals surface area contributed by atoms with E-state index in [0.717, 1.165) is 46.5 Å². The number of benzene rings is 1. The summed E-state index contributed by atoms with van der Waals surface area (Å²) in [5, 5.41) is 1.30. The summed E-state index contributed by atoms with van der Waals surface area (Å²) >= 11 is 2.80. The smallest absolute Gasteiger partial charge is 0.263 e. The van der Waals surface area contributed by atoms with Crippen molar-refractivity contribution in [1.29, 1.82) is 0 Å². The second-order valence-electron chi connectivity index (χ2n) is 6.84. The van der Waals surface area contributed by atoms with E-state index in [9.17, 15) is 9.59 Å². The second-order valence-corrected chi connectivity index (χ2v) is 8.99. The molecule has 2 aromatic heterocycles. The molecular formula is C20H21N3O2S2. The van der Waals surface area contributed by atoms with Gasteiger partial charge in [-0.15, -0.1) is 11.3 Å². The van der Waals surface area contributed by atoms with Crippen molar-refractivity contribution in [3.63, 3.8) is 0 Å².